The smallest absolute Gasteiger partial charge is 0.335 e. The van der Waals surface area contributed by atoms with Gasteiger partial charge in [0.05, 0.1) is 17.2 Å². The number of halogens is 1. The Hall–Kier alpha value is -3.22. The lowest BCUT2D eigenvalue weighted by atomic mass is 9.96. The number of amides is 2. The Labute approximate surface area is 155 Å². The Kier molecular flexibility index (Phi) is 5.49. The number of rotatable bonds is 4. The summed E-state index contributed by atoms with van der Waals surface area (Å²) < 4.78 is 13.9. The molecule has 27 heavy (non-hydrogen) atoms. The Bertz CT molecular complexity index is 870. The molecule has 0 radical (unpaired) electrons. The van der Waals surface area contributed by atoms with Crippen LogP contribution in [0.4, 0.5) is 10.1 Å². The molecule has 1 heterocycles. The van der Waals surface area contributed by atoms with Crippen LogP contribution in [-0.2, 0) is 4.79 Å². The molecule has 6 nitrogen and oxygen atoms in total. The molecule has 2 N–H and O–H groups in total. The van der Waals surface area contributed by atoms with Crippen LogP contribution in [0.1, 0.15) is 33.6 Å². The van der Waals surface area contributed by atoms with Gasteiger partial charge >= 0.3 is 5.97 Å². The summed E-state index contributed by atoms with van der Waals surface area (Å²) in [4.78, 5) is 37.8. The highest BCUT2D eigenvalue weighted by molar-refractivity contribution is 5.97. The molecule has 2 aromatic rings. The van der Waals surface area contributed by atoms with Crippen LogP contribution in [0.25, 0.3) is 0 Å². The summed E-state index contributed by atoms with van der Waals surface area (Å²) >= 11 is 0. The predicted octanol–water partition coefficient (Wildman–Crippen LogP) is 3.01. The zero-order valence-corrected chi connectivity index (χ0v) is 14.5. The summed E-state index contributed by atoms with van der Waals surface area (Å²) in [6.45, 7) is 0.792. The van der Waals surface area contributed by atoms with E-state index in [0.717, 1.165) is 18.2 Å². The highest BCUT2D eigenvalue weighted by Gasteiger charge is 2.29. The standard InChI is InChI=1S/C20H19FN2O4/c21-16-9-8-14(20(26)27)11-17(16)22-18(24)15-7-4-10-23(12-15)19(25)13-5-2-1-3-6-13/h1-3,5-6,8-9,11,15H,4,7,10,12H2,(H,22,24)(H,26,27). The van der Waals surface area contributed by atoms with Gasteiger partial charge in [-0.05, 0) is 43.2 Å². The number of carboxylic acid groups (broad SMARTS) is 1. The van der Waals surface area contributed by atoms with Crippen molar-refractivity contribution < 1.29 is 23.9 Å². The number of likely N-dealkylation sites (tertiary alicyclic amines) is 1. The van der Waals surface area contributed by atoms with Gasteiger partial charge in [0.15, 0.2) is 0 Å². The van der Waals surface area contributed by atoms with Gasteiger partial charge in [-0.1, -0.05) is 18.2 Å². The fraction of sp³-hybridized carbons (Fsp3) is 0.250. The highest BCUT2D eigenvalue weighted by Crippen LogP contribution is 2.22. The number of hydrogen-bond donors (Lipinski definition) is 2. The van der Waals surface area contributed by atoms with E-state index in [4.69, 9.17) is 5.11 Å². The molecule has 0 saturated carbocycles. The summed E-state index contributed by atoms with van der Waals surface area (Å²) in [5.41, 5.74) is 0.265. The number of piperidine rings is 1. The van der Waals surface area contributed by atoms with Crippen molar-refractivity contribution >= 4 is 23.5 Å². The van der Waals surface area contributed by atoms with Gasteiger partial charge in [0.1, 0.15) is 5.82 Å². The van der Waals surface area contributed by atoms with Gasteiger partial charge < -0.3 is 15.3 Å². The minimum Gasteiger partial charge on any atom is -0.478 e. The summed E-state index contributed by atoms with van der Waals surface area (Å²) in [6.07, 6.45) is 1.24. The quantitative estimate of drug-likeness (QED) is 0.866. The van der Waals surface area contributed by atoms with Crippen LogP contribution in [0.2, 0.25) is 0 Å². The van der Waals surface area contributed by atoms with Gasteiger partial charge in [-0.15, -0.1) is 0 Å². The molecule has 2 aromatic carbocycles. The number of carbonyl (C=O) groups is 3. The van der Waals surface area contributed by atoms with Crippen molar-refractivity contribution in [1.82, 2.24) is 4.90 Å². The average molecular weight is 370 g/mol. The number of nitrogens with zero attached hydrogens (tertiary/aromatic N) is 1. The fourth-order valence-electron chi connectivity index (χ4n) is 3.13. The molecule has 3 rings (SSSR count). The number of hydrogen-bond acceptors (Lipinski definition) is 3. The van der Waals surface area contributed by atoms with Crippen molar-refractivity contribution in [2.24, 2.45) is 5.92 Å². The van der Waals surface area contributed by atoms with Crippen molar-refractivity contribution in [3.63, 3.8) is 0 Å². The molecule has 140 valence electrons. The first-order chi connectivity index (χ1) is 13.0. The first-order valence-electron chi connectivity index (χ1n) is 8.63. The minimum absolute atomic E-state index is 0.115. The van der Waals surface area contributed by atoms with Gasteiger partial charge in [0, 0.05) is 18.7 Å². The van der Waals surface area contributed by atoms with Gasteiger partial charge in [-0.25, -0.2) is 9.18 Å². The molecule has 2 amide bonds. The van der Waals surface area contributed by atoms with Crippen LogP contribution in [0, 0.1) is 11.7 Å². The molecule has 1 saturated heterocycles. The van der Waals surface area contributed by atoms with Crippen LogP contribution < -0.4 is 5.32 Å². The highest BCUT2D eigenvalue weighted by atomic mass is 19.1. The van der Waals surface area contributed by atoms with E-state index in [1.54, 1.807) is 29.2 Å². The molecule has 0 aliphatic carbocycles. The number of benzene rings is 2. The van der Waals surface area contributed by atoms with Crippen LogP contribution in [0.5, 0.6) is 0 Å². The maximum Gasteiger partial charge on any atom is 0.335 e. The number of anilines is 1. The number of aromatic carboxylic acids is 1. The number of carboxylic acids is 1. The van der Waals surface area contributed by atoms with Gasteiger partial charge in [0.2, 0.25) is 5.91 Å². The molecule has 1 unspecified atom stereocenters. The first-order valence-corrected chi connectivity index (χ1v) is 8.63. The molecule has 1 atom stereocenters. The third-order valence-electron chi connectivity index (χ3n) is 4.57. The summed E-state index contributed by atoms with van der Waals surface area (Å²) in [5, 5.41) is 11.5. The zero-order chi connectivity index (χ0) is 19.4. The summed E-state index contributed by atoms with van der Waals surface area (Å²) in [6, 6.07) is 12.0. The zero-order valence-electron chi connectivity index (χ0n) is 14.5. The fourth-order valence-corrected chi connectivity index (χ4v) is 3.13. The second-order valence-electron chi connectivity index (χ2n) is 6.45. The average Bonchev–Trinajstić information content (AvgIpc) is 2.69. The normalized spacial score (nSPS) is 16.6. The number of carbonyl (C=O) groups excluding carboxylic acids is 2. The maximum absolute atomic E-state index is 13.9. The SMILES string of the molecule is O=C(O)c1ccc(F)c(NC(=O)C2CCCN(C(=O)c3ccccc3)C2)c1. The van der Waals surface area contributed by atoms with E-state index >= 15 is 0 Å². The first kappa shape index (κ1) is 18.6. The van der Waals surface area contributed by atoms with E-state index < -0.39 is 23.6 Å². The Balaban J connectivity index is 1.69. The van der Waals surface area contributed by atoms with Gasteiger partial charge in [0.25, 0.3) is 5.91 Å². The Morgan fingerprint density at radius 3 is 2.52 bits per heavy atom. The van der Waals surface area contributed by atoms with Gasteiger partial charge in [-0.2, -0.15) is 0 Å². The molecular formula is C20H19FN2O4. The topological polar surface area (TPSA) is 86.7 Å². The van der Waals surface area contributed by atoms with Crippen molar-refractivity contribution in [2.75, 3.05) is 18.4 Å². The van der Waals surface area contributed by atoms with Crippen molar-refractivity contribution in [3.05, 3.63) is 65.5 Å². The lowest BCUT2D eigenvalue weighted by Gasteiger charge is -2.32. The molecule has 1 aliphatic rings. The van der Waals surface area contributed by atoms with E-state index in [0.29, 0.717) is 24.9 Å². The molecule has 1 fully saturated rings. The van der Waals surface area contributed by atoms with Crippen molar-refractivity contribution in [2.45, 2.75) is 12.8 Å². The van der Waals surface area contributed by atoms with Crippen LogP contribution in [0.15, 0.2) is 48.5 Å². The van der Waals surface area contributed by atoms with E-state index in [1.165, 1.54) is 0 Å². The van der Waals surface area contributed by atoms with Crippen molar-refractivity contribution in [1.29, 1.82) is 0 Å². The second-order valence-corrected chi connectivity index (χ2v) is 6.45. The van der Waals surface area contributed by atoms with E-state index in [2.05, 4.69) is 5.32 Å². The Morgan fingerprint density at radius 2 is 1.81 bits per heavy atom. The largest absolute Gasteiger partial charge is 0.478 e. The molecular weight excluding hydrogens is 351 g/mol. The van der Waals surface area contributed by atoms with E-state index in [1.807, 2.05) is 6.07 Å². The van der Waals surface area contributed by atoms with Crippen molar-refractivity contribution in [3.8, 4) is 0 Å². The van der Waals surface area contributed by atoms with Gasteiger partial charge in [-0.3, -0.25) is 9.59 Å². The summed E-state index contributed by atoms with van der Waals surface area (Å²) in [7, 11) is 0. The molecule has 0 bridgehead atoms. The van der Waals surface area contributed by atoms with Crippen LogP contribution in [0.3, 0.4) is 0 Å². The Morgan fingerprint density at radius 1 is 1.07 bits per heavy atom. The lowest BCUT2D eigenvalue weighted by Crippen LogP contribution is -2.43. The monoisotopic (exact) mass is 370 g/mol. The molecule has 0 spiro atoms. The number of nitrogens with one attached hydrogen (secondary N) is 1. The lowest BCUT2D eigenvalue weighted by molar-refractivity contribution is -0.121. The van der Waals surface area contributed by atoms with Crippen LogP contribution in [-0.4, -0.2) is 40.9 Å². The molecule has 7 heteroatoms. The van der Waals surface area contributed by atoms with E-state index in [-0.39, 0.29) is 23.7 Å². The predicted molar refractivity (Wildman–Crippen MR) is 97.1 cm³/mol. The minimum atomic E-state index is -1.21. The third kappa shape index (κ3) is 4.31. The van der Waals surface area contributed by atoms with E-state index in [9.17, 15) is 18.8 Å². The van der Waals surface area contributed by atoms with Crippen LogP contribution >= 0.6 is 0 Å². The third-order valence-corrected chi connectivity index (χ3v) is 4.57. The molecule has 0 aromatic heterocycles. The second kappa shape index (κ2) is 7.99. The molecule has 1 aliphatic heterocycles. The maximum atomic E-state index is 13.9. The summed E-state index contributed by atoms with van der Waals surface area (Å²) in [5.74, 6) is -2.97.